The first-order valence-corrected chi connectivity index (χ1v) is 10.3. The van der Waals surface area contributed by atoms with Gasteiger partial charge in [0.05, 0.1) is 11.0 Å². The number of rotatable bonds is 9. The zero-order chi connectivity index (χ0) is 19.2. The van der Waals surface area contributed by atoms with Crippen molar-refractivity contribution in [3.63, 3.8) is 0 Å². The van der Waals surface area contributed by atoms with Gasteiger partial charge in [0.1, 0.15) is 0 Å². The minimum absolute atomic E-state index is 0.187. The van der Waals surface area contributed by atoms with Gasteiger partial charge in [0.2, 0.25) is 10.0 Å². The molecule has 0 aliphatic heterocycles. The standard InChI is InChI=1S/C20H28N2O3S/c1-15(2)14-22-26(24,25)20-11-7-6-10-17(20)13-19(23)18(21)12-16-8-4-3-5-9-16/h3-11,15,18-19,22-23H,12-14,21H2,1-2H3/t18-,19+/m0/s1. The van der Waals surface area contributed by atoms with Crippen LogP contribution in [0.25, 0.3) is 0 Å². The minimum atomic E-state index is -3.62. The molecule has 26 heavy (non-hydrogen) atoms. The number of benzene rings is 2. The van der Waals surface area contributed by atoms with Crippen LogP contribution < -0.4 is 10.5 Å². The predicted octanol–water partition coefficient (Wildman–Crippen LogP) is 2.09. The highest BCUT2D eigenvalue weighted by Gasteiger charge is 2.22. The molecule has 0 unspecified atom stereocenters. The molecular formula is C20H28N2O3S. The summed E-state index contributed by atoms with van der Waals surface area (Å²) in [6.45, 7) is 4.26. The molecule has 142 valence electrons. The number of nitrogens with two attached hydrogens (primary N) is 1. The Hall–Kier alpha value is -1.73. The van der Waals surface area contributed by atoms with Crippen molar-refractivity contribution < 1.29 is 13.5 Å². The Morgan fingerprint density at radius 2 is 1.62 bits per heavy atom. The fraction of sp³-hybridized carbons (Fsp3) is 0.400. The normalized spacial score (nSPS) is 14.3. The molecule has 2 aromatic rings. The van der Waals surface area contributed by atoms with E-state index in [0.717, 1.165) is 5.56 Å². The van der Waals surface area contributed by atoms with Gasteiger partial charge in [-0.3, -0.25) is 0 Å². The highest BCUT2D eigenvalue weighted by atomic mass is 32.2. The van der Waals surface area contributed by atoms with Crippen molar-refractivity contribution in [3.05, 3.63) is 65.7 Å². The van der Waals surface area contributed by atoms with Crippen molar-refractivity contribution in [2.75, 3.05) is 6.54 Å². The first-order valence-electron chi connectivity index (χ1n) is 8.84. The Balaban J connectivity index is 2.11. The van der Waals surface area contributed by atoms with Crippen LogP contribution in [-0.4, -0.2) is 32.2 Å². The first-order chi connectivity index (χ1) is 12.3. The monoisotopic (exact) mass is 376 g/mol. The molecule has 0 aliphatic rings. The number of sulfonamides is 1. The highest BCUT2D eigenvalue weighted by molar-refractivity contribution is 7.89. The van der Waals surface area contributed by atoms with Gasteiger partial charge in [0, 0.05) is 19.0 Å². The van der Waals surface area contributed by atoms with E-state index in [1.807, 2.05) is 44.2 Å². The van der Waals surface area contributed by atoms with Crippen molar-refractivity contribution >= 4 is 10.0 Å². The summed E-state index contributed by atoms with van der Waals surface area (Å²) >= 11 is 0. The molecule has 0 saturated carbocycles. The maximum atomic E-state index is 12.6. The topological polar surface area (TPSA) is 92.4 Å². The highest BCUT2D eigenvalue weighted by Crippen LogP contribution is 2.19. The van der Waals surface area contributed by atoms with Gasteiger partial charge >= 0.3 is 0 Å². The maximum Gasteiger partial charge on any atom is 0.240 e. The largest absolute Gasteiger partial charge is 0.391 e. The summed E-state index contributed by atoms with van der Waals surface area (Å²) in [6, 6.07) is 16.0. The van der Waals surface area contributed by atoms with E-state index in [9.17, 15) is 13.5 Å². The van der Waals surface area contributed by atoms with Gasteiger partial charge in [-0.05, 0) is 29.5 Å². The van der Waals surface area contributed by atoms with Crippen LogP contribution in [-0.2, 0) is 22.9 Å². The molecule has 0 spiro atoms. The van der Waals surface area contributed by atoms with E-state index in [-0.39, 0.29) is 17.2 Å². The molecular weight excluding hydrogens is 348 g/mol. The summed E-state index contributed by atoms with van der Waals surface area (Å²) in [6.07, 6.45) is -0.119. The third-order valence-corrected chi connectivity index (χ3v) is 5.71. The molecule has 0 bridgehead atoms. The number of aliphatic hydroxyl groups excluding tert-OH is 1. The van der Waals surface area contributed by atoms with Gasteiger partial charge < -0.3 is 10.8 Å². The number of hydrogen-bond donors (Lipinski definition) is 3. The van der Waals surface area contributed by atoms with Crippen LogP contribution in [0.1, 0.15) is 25.0 Å². The summed E-state index contributed by atoms with van der Waals surface area (Å²) in [5.41, 5.74) is 7.75. The quantitative estimate of drug-likeness (QED) is 0.625. The predicted molar refractivity (Wildman–Crippen MR) is 104 cm³/mol. The van der Waals surface area contributed by atoms with Gasteiger partial charge in [0.25, 0.3) is 0 Å². The molecule has 6 heteroatoms. The van der Waals surface area contributed by atoms with E-state index < -0.39 is 22.2 Å². The average Bonchev–Trinajstić information content (AvgIpc) is 2.61. The summed E-state index contributed by atoms with van der Waals surface area (Å²) in [5, 5.41) is 10.5. The lowest BCUT2D eigenvalue weighted by molar-refractivity contribution is 0.143. The first kappa shape index (κ1) is 20.6. The lowest BCUT2D eigenvalue weighted by Crippen LogP contribution is -2.38. The van der Waals surface area contributed by atoms with Gasteiger partial charge in [-0.15, -0.1) is 0 Å². The van der Waals surface area contributed by atoms with Crippen LogP contribution >= 0.6 is 0 Å². The van der Waals surface area contributed by atoms with E-state index in [1.54, 1.807) is 24.3 Å². The zero-order valence-corrected chi connectivity index (χ0v) is 16.1. The molecule has 0 amide bonds. The molecule has 2 aromatic carbocycles. The van der Waals surface area contributed by atoms with E-state index >= 15 is 0 Å². The van der Waals surface area contributed by atoms with E-state index in [4.69, 9.17) is 5.73 Å². The van der Waals surface area contributed by atoms with Crippen LogP contribution in [0.5, 0.6) is 0 Å². The van der Waals surface area contributed by atoms with Gasteiger partial charge in [-0.25, -0.2) is 13.1 Å². The van der Waals surface area contributed by atoms with E-state index in [1.165, 1.54) is 0 Å². The van der Waals surface area contributed by atoms with Gasteiger partial charge in [-0.1, -0.05) is 62.4 Å². The Morgan fingerprint density at radius 1 is 1.00 bits per heavy atom. The Morgan fingerprint density at radius 3 is 2.27 bits per heavy atom. The molecule has 0 saturated heterocycles. The molecule has 0 aliphatic carbocycles. The van der Waals surface area contributed by atoms with Crippen molar-refractivity contribution in [2.24, 2.45) is 11.7 Å². The van der Waals surface area contributed by atoms with Crippen molar-refractivity contribution in [3.8, 4) is 0 Å². The molecule has 4 N–H and O–H groups in total. The maximum absolute atomic E-state index is 12.6. The Labute approximate surface area is 156 Å². The molecule has 2 atom stereocenters. The molecule has 2 rings (SSSR count). The van der Waals surface area contributed by atoms with Crippen LogP contribution in [0, 0.1) is 5.92 Å². The lowest BCUT2D eigenvalue weighted by atomic mass is 9.97. The smallest absolute Gasteiger partial charge is 0.240 e. The summed E-state index contributed by atoms with van der Waals surface area (Å²) in [4.78, 5) is 0.201. The molecule has 0 heterocycles. The Bertz CT molecular complexity index is 792. The van der Waals surface area contributed by atoms with E-state index in [0.29, 0.717) is 18.5 Å². The molecule has 0 aromatic heterocycles. The second kappa shape index (κ2) is 9.28. The van der Waals surface area contributed by atoms with Gasteiger partial charge in [0.15, 0.2) is 0 Å². The number of aliphatic hydroxyl groups is 1. The third-order valence-electron chi connectivity index (χ3n) is 4.18. The fourth-order valence-electron chi connectivity index (χ4n) is 2.69. The van der Waals surface area contributed by atoms with E-state index in [2.05, 4.69) is 4.72 Å². The number of nitrogens with one attached hydrogen (secondary N) is 1. The van der Waals surface area contributed by atoms with Crippen LogP contribution in [0.15, 0.2) is 59.5 Å². The Kier molecular flexibility index (Phi) is 7.34. The second-order valence-electron chi connectivity index (χ2n) is 6.98. The van der Waals surface area contributed by atoms with Gasteiger partial charge in [-0.2, -0.15) is 0 Å². The minimum Gasteiger partial charge on any atom is -0.391 e. The van der Waals surface area contributed by atoms with Crippen molar-refractivity contribution in [2.45, 2.75) is 43.7 Å². The SMILES string of the molecule is CC(C)CNS(=O)(=O)c1ccccc1C[C@@H](O)[C@@H](N)Cc1ccccc1. The summed E-state index contributed by atoms with van der Waals surface area (Å²) in [7, 11) is -3.62. The van der Waals surface area contributed by atoms with Crippen molar-refractivity contribution in [1.82, 2.24) is 4.72 Å². The second-order valence-corrected chi connectivity index (χ2v) is 8.71. The number of hydrogen-bond acceptors (Lipinski definition) is 4. The summed E-state index contributed by atoms with van der Waals surface area (Å²) < 4.78 is 27.8. The summed E-state index contributed by atoms with van der Waals surface area (Å²) in [5.74, 6) is 0.210. The zero-order valence-electron chi connectivity index (χ0n) is 15.3. The fourth-order valence-corrected chi connectivity index (χ4v) is 4.15. The molecule has 5 nitrogen and oxygen atoms in total. The van der Waals surface area contributed by atoms with Crippen LogP contribution in [0.4, 0.5) is 0 Å². The molecule has 0 fully saturated rings. The average molecular weight is 377 g/mol. The van der Waals surface area contributed by atoms with Crippen molar-refractivity contribution in [1.29, 1.82) is 0 Å². The van der Waals surface area contributed by atoms with Crippen LogP contribution in [0.2, 0.25) is 0 Å². The van der Waals surface area contributed by atoms with Crippen LogP contribution in [0.3, 0.4) is 0 Å². The third kappa shape index (κ3) is 5.92. The lowest BCUT2D eigenvalue weighted by Gasteiger charge is -2.20. The molecule has 0 radical (unpaired) electrons.